The van der Waals surface area contributed by atoms with E-state index in [1.165, 1.54) is 5.56 Å². The molecule has 130 valence electrons. The number of hydrogen-bond acceptors (Lipinski definition) is 3. The Balaban J connectivity index is 1.88. The van der Waals surface area contributed by atoms with E-state index < -0.39 is 0 Å². The van der Waals surface area contributed by atoms with E-state index in [9.17, 15) is 9.59 Å². The van der Waals surface area contributed by atoms with Crippen molar-refractivity contribution in [3.63, 3.8) is 0 Å². The smallest absolute Gasteiger partial charge is 0.238 e. The highest BCUT2D eigenvalue weighted by atomic mass is 32.2. The zero-order chi connectivity index (χ0) is 17.8. The van der Waals surface area contributed by atoms with Crippen molar-refractivity contribution < 1.29 is 9.59 Å². The SMILES string of the molecule is CCC(=O)Nc1ccc([C@@H]2SCC(=O)N2c2ccccc2CC)cc1. The molecule has 1 saturated heterocycles. The Morgan fingerprint density at radius 1 is 1.16 bits per heavy atom. The van der Waals surface area contributed by atoms with Crippen LogP contribution in [0.25, 0.3) is 0 Å². The van der Waals surface area contributed by atoms with E-state index in [-0.39, 0.29) is 17.2 Å². The summed E-state index contributed by atoms with van der Waals surface area (Å²) in [6, 6.07) is 15.9. The number of carbonyl (C=O) groups excluding carboxylic acids is 2. The number of thioether (sulfide) groups is 1. The monoisotopic (exact) mass is 354 g/mol. The molecule has 3 rings (SSSR count). The fourth-order valence-electron chi connectivity index (χ4n) is 2.96. The number of benzene rings is 2. The van der Waals surface area contributed by atoms with Gasteiger partial charge in [-0.15, -0.1) is 11.8 Å². The molecule has 25 heavy (non-hydrogen) atoms. The van der Waals surface area contributed by atoms with Crippen molar-refractivity contribution >= 4 is 35.0 Å². The van der Waals surface area contributed by atoms with E-state index in [0.717, 1.165) is 23.4 Å². The van der Waals surface area contributed by atoms with Crippen LogP contribution in [0.15, 0.2) is 48.5 Å². The second kappa shape index (κ2) is 7.74. The van der Waals surface area contributed by atoms with Crippen molar-refractivity contribution in [1.29, 1.82) is 0 Å². The minimum Gasteiger partial charge on any atom is -0.326 e. The fourth-order valence-corrected chi connectivity index (χ4v) is 4.13. The summed E-state index contributed by atoms with van der Waals surface area (Å²) in [5.41, 5.74) is 4.02. The van der Waals surface area contributed by atoms with Crippen LogP contribution < -0.4 is 10.2 Å². The van der Waals surface area contributed by atoms with Gasteiger partial charge in [-0.05, 0) is 35.7 Å². The number of nitrogens with zero attached hydrogens (tertiary/aromatic N) is 1. The molecule has 1 atom stereocenters. The lowest BCUT2D eigenvalue weighted by molar-refractivity contribution is -0.116. The second-order valence-corrected chi connectivity index (χ2v) is 7.00. The van der Waals surface area contributed by atoms with Crippen molar-refractivity contribution in [1.82, 2.24) is 0 Å². The number of amides is 2. The van der Waals surface area contributed by atoms with Crippen LogP contribution in [0.2, 0.25) is 0 Å². The lowest BCUT2D eigenvalue weighted by Gasteiger charge is -2.26. The normalized spacial score (nSPS) is 17.0. The van der Waals surface area contributed by atoms with Crippen molar-refractivity contribution in [3.05, 3.63) is 59.7 Å². The molecule has 2 amide bonds. The van der Waals surface area contributed by atoms with Crippen molar-refractivity contribution in [2.75, 3.05) is 16.0 Å². The Morgan fingerprint density at radius 3 is 2.56 bits per heavy atom. The average molecular weight is 354 g/mol. The molecule has 0 spiro atoms. The fraction of sp³-hybridized carbons (Fsp3) is 0.300. The molecule has 4 nitrogen and oxygen atoms in total. The zero-order valence-corrected chi connectivity index (χ0v) is 15.3. The lowest BCUT2D eigenvalue weighted by atomic mass is 10.1. The van der Waals surface area contributed by atoms with Gasteiger partial charge in [0, 0.05) is 17.8 Å². The summed E-state index contributed by atoms with van der Waals surface area (Å²) in [4.78, 5) is 25.9. The molecular formula is C20H22N2O2S. The van der Waals surface area contributed by atoms with Crippen LogP contribution in [-0.4, -0.2) is 17.6 Å². The molecule has 0 unspecified atom stereocenters. The van der Waals surface area contributed by atoms with Gasteiger partial charge in [0.05, 0.1) is 5.75 Å². The van der Waals surface area contributed by atoms with E-state index in [4.69, 9.17) is 0 Å². The molecule has 0 radical (unpaired) electrons. The Kier molecular flexibility index (Phi) is 5.43. The van der Waals surface area contributed by atoms with E-state index >= 15 is 0 Å². The van der Waals surface area contributed by atoms with Gasteiger partial charge in [0.15, 0.2) is 0 Å². The van der Waals surface area contributed by atoms with Crippen LogP contribution in [0.1, 0.15) is 36.8 Å². The summed E-state index contributed by atoms with van der Waals surface area (Å²) in [6.07, 6.45) is 1.34. The van der Waals surface area contributed by atoms with Crippen LogP contribution in [0, 0.1) is 0 Å². The van der Waals surface area contributed by atoms with Gasteiger partial charge < -0.3 is 5.32 Å². The predicted molar refractivity (Wildman–Crippen MR) is 104 cm³/mol. The average Bonchev–Trinajstić information content (AvgIpc) is 3.03. The molecule has 0 aromatic heterocycles. The maximum absolute atomic E-state index is 12.5. The number of rotatable bonds is 5. The lowest BCUT2D eigenvalue weighted by Crippen LogP contribution is -2.28. The molecule has 2 aromatic carbocycles. The predicted octanol–water partition coefficient (Wildman–Crippen LogP) is 4.38. The van der Waals surface area contributed by atoms with Crippen LogP contribution >= 0.6 is 11.8 Å². The van der Waals surface area contributed by atoms with Gasteiger partial charge in [-0.3, -0.25) is 14.5 Å². The summed E-state index contributed by atoms with van der Waals surface area (Å²) in [7, 11) is 0. The maximum atomic E-state index is 12.5. The number of para-hydroxylation sites is 1. The molecule has 2 aromatic rings. The van der Waals surface area contributed by atoms with E-state index in [2.05, 4.69) is 18.3 Å². The topological polar surface area (TPSA) is 49.4 Å². The second-order valence-electron chi connectivity index (χ2n) is 5.93. The van der Waals surface area contributed by atoms with Crippen LogP contribution in [0.4, 0.5) is 11.4 Å². The van der Waals surface area contributed by atoms with Gasteiger partial charge in [-0.1, -0.05) is 44.2 Å². The number of anilines is 2. The molecule has 0 bridgehead atoms. The van der Waals surface area contributed by atoms with E-state index in [1.807, 2.05) is 54.3 Å². The van der Waals surface area contributed by atoms with E-state index in [1.54, 1.807) is 11.8 Å². The Bertz CT molecular complexity index is 774. The third-order valence-corrected chi connectivity index (χ3v) is 5.51. The van der Waals surface area contributed by atoms with Gasteiger partial charge >= 0.3 is 0 Å². The van der Waals surface area contributed by atoms with Gasteiger partial charge in [0.25, 0.3) is 0 Å². The third-order valence-electron chi connectivity index (χ3n) is 4.30. The Hall–Kier alpha value is -2.27. The third kappa shape index (κ3) is 3.71. The quantitative estimate of drug-likeness (QED) is 0.867. The zero-order valence-electron chi connectivity index (χ0n) is 14.5. The summed E-state index contributed by atoms with van der Waals surface area (Å²) in [6.45, 7) is 3.93. The molecule has 0 saturated carbocycles. The van der Waals surface area contributed by atoms with Crippen molar-refractivity contribution in [2.24, 2.45) is 0 Å². The minimum absolute atomic E-state index is 0.00308. The molecule has 1 N–H and O–H groups in total. The van der Waals surface area contributed by atoms with Crippen LogP contribution in [0.5, 0.6) is 0 Å². The molecule has 0 aliphatic carbocycles. The highest BCUT2D eigenvalue weighted by molar-refractivity contribution is 8.00. The van der Waals surface area contributed by atoms with Gasteiger partial charge in [-0.2, -0.15) is 0 Å². The first kappa shape index (κ1) is 17.5. The van der Waals surface area contributed by atoms with Gasteiger partial charge in [0.2, 0.25) is 11.8 Å². The van der Waals surface area contributed by atoms with Crippen LogP contribution in [0.3, 0.4) is 0 Å². The number of carbonyl (C=O) groups is 2. The first-order valence-corrected chi connectivity index (χ1v) is 9.60. The molecule has 1 fully saturated rings. The number of aryl methyl sites for hydroxylation is 1. The largest absolute Gasteiger partial charge is 0.326 e. The Morgan fingerprint density at radius 2 is 1.88 bits per heavy atom. The number of hydrogen-bond donors (Lipinski definition) is 1. The van der Waals surface area contributed by atoms with E-state index in [0.29, 0.717) is 12.2 Å². The number of nitrogens with one attached hydrogen (secondary N) is 1. The Labute approximate surface area is 152 Å². The van der Waals surface area contributed by atoms with Crippen molar-refractivity contribution in [3.8, 4) is 0 Å². The maximum Gasteiger partial charge on any atom is 0.238 e. The first-order valence-electron chi connectivity index (χ1n) is 8.55. The molecular weight excluding hydrogens is 332 g/mol. The molecule has 1 aliphatic heterocycles. The van der Waals surface area contributed by atoms with Gasteiger partial charge in [-0.25, -0.2) is 0 Å². The van der Waals surface area contributed by atoms with Gasteiger partial charge in [0.1, 0.15) is 5.37 Å². The highest BCUT2D eigenvalue weighted by Gasteiger charge is 2.34. The molecule has 1 heterocycles. The highest BCUT2D eigenvalue weighted by Crippen LogP contribution is 2.43. The van der Waals surface area contributed by atoms with Crippen molar-refractivity contribution in [2.45, 2.75) is 32.1 Å². The molecule has 1 aliphatic rings. The first-order chi connectivity index (χ1) is 12.1. The summed E-state index contributed by atoms with van der Waals surface area (Å²) in [5.74, 6) is 0.618. The summed E-state index contributed by atoms with van der Waals surface area (Å²) < 4.78 is 0. The summed E-state index contributed by atoms with van der Waals surface area (Å²) >= 11 is 1.64. The minimum atomic E-state index is -0.0314. The standard InChI is InChI=1S/C20H22N2O2S/c1-3-14-7-5-6-8-17(14)22-19(24)13-25-20(22)15-9-11-16(12-10-15)21-18(23)4-2/h5-12,20H,3-4,13H2,1-2H3,(H,21,23)/t20-/m0/s1. The molecule has 5 heteroatoms. The van der Waals surface area contributed by atoms with Crippen LogP contribution in [-0.2, 0) is 16.0 Å². The summed E-state index contributed by atoms with van der Waals surface area (Å²) in [5, 5.41) is 2.82.